The van der Waals surface area contributed by atoms with E-state index in [9.17, 15) is 9.59 Å². The molecule has 1 fully saturated rings. The highest BCUT2D eigenvalue weighted by Gasteiger charge is 2.35. The van der Waals surface area contributed by atoms with Gasteiger partial charge >= 0.3 is 11.8 Å². The number of hydrogen-bond acceptors (Lipinski definition) is 8. The van der Waals surface area contributed by atoms with E-state index in [1.807, 2.05) is 56.3 Å². The van der Waals surface area contributed by atoms with Gasteiger partial charge < -0.3 is 34.6 Å². The van der Waals surface area contributed by atoms with Crippen LogP contribution in [-0.4, -0.2) is 62.4 Å². The first kappa shape index (κ1) is 26.0. The molecule has 37 heavy (non-hydrogen) atoms. The number of methoxy groups -OCH3 is 1. The topological polar surface area (TPSA) is 129 Å². The van der Waals surface area contributed by atoms with Gasteiger partial charge in [-0.25, -0.2) is 4.98 Å². The number of oxazole rings is 1. The van der Waals surface area contributed by atoms with Crippen LogP contribution in [0, 0.1) is 0 Å². The number of nitrogens with one attached hydrogen (secondary N) is 1. The summed E-state index contributed by atoms with van der Waals surface area (Å²) in [6.07, 6.45) is 2.96. The predicted octanol–water partition coefficient (Wildman–Crippen LogP) is 2.73. The van der Waals surface area contributed by atoms with E-state index in [2.05, 4.69) is 15.2 Å². The van der Waals surface area contributed by atoms with Gasteiger partial charge in [-0.1, -0.05) is 18.2 Å². The molecule has 196 valence electrons. The van der Waals surface area contributed by atoms with Crippen molar-refractivity contribution in [1.29, 1.82) is 0 Å². The van der Waals surface area contributed by atoms with Crippen LogP contribution in [0.3, 0.4) is 0 Å². The molecule has 10 nitrogen and oxygen atoms in total. The number of rotatable bonds is 9. The Kier molecular flexibility index (Phi) is 7.98. The summed E-state index contributed by atoms with van der Waals surface area (Å²) in [4.78, 5) is 30.0. The number of benzene rings is 2. The van der Waals surface area contributed by atoms with Crippen molar-refractivity contribution in [2.24, 2.45) is 5.73 Å². The van der Waals surface area contributed by atoms with Crippen LogP contribution in [0.5, 0.6) is 11.5 Å². The summed E-state index contributed by atoms with van der Waals surface area (Å²) in [6.45, 7) is 6.70. The molecule has 1 aliphatic rings. The van der Waals surface area contributed by atoms with Crippen LogP contribution >= 0.6 is 0 Å². The van der Waals surface area contributed by atoms with Crippen molar-refractivity contribution in [3.8, 4) is 22.8 Å². The Balaban J connectivity index is 1.66. The molecule has 3 aromatic rings. The van der Waals surface area contributed by atoms with E-state index in [1.165, 1.54) is 6.39 Å². The number of anilines is 1. The lowest BCUT2D eigenvalue weighted by Crippen LogP contribution is -2.53. The van der Waals surface area contributed by atoms with Gasteiger partial charge in [-0.15, -0.1) is 0 Å². The van der Waals surface area contributed by atoms with Crippen LogP contribution in [-0.2, 0) is 14.3 Å². The molecule has 2 aromatic carbocycles. The standard InChI is InChI=1S/C27H32N4O6/c1-27(2,30-26(33)25(28)32)20(18-8-9-19(23(14-18)34-3)24-15-29-17-37-24)16-36-22-7-5-4-6-21(22)31-10-12-35-13-11-31/h4-9,14-15,17,20H,10-13,16H2,1-3H3,(H2,28,32)(H,30,33). The molecule has 1 aliphatic heterocycles. The van der Waals surface area contributed by atoms with Crippen molar-refractivity contribution in [3.63, 3.8) is 0 Å². The van der Waals surface area contributed by atoms with Gasteiger partial charge in [0.25, 0.3) is 0 Å². The van der Waals surface area contributed by atoms with E-state index in [-0.39, 0.29) is 12.5 Å². The minimum atomic E-state index is -1.05. The summed E-state index contributed by atoms with van der Waals surface area (Å²) >= 11 is 0. The van der Waals surface area contributed by atoms with Crippen molar-refractivity contribution in [3.05, 3.63) is 60.6 Å². The molecule has 1 saturated heterocycles. The number of hydrogen-bond donors (Lipinski definition) is 2. The lowest BCUT2D eigenvalue weighted by molar-refractivity contribution is -0.138. The SMILES string of the molecule is COc1cc(C(COc2ccccc2N2CCOCC2)C(C)(C)NC(=O)C(N)=O)ccc1-c1cnco1. The van der Waals surface area contributed by atoms with Crippen molar-refractivity contribution in [2.45, 2.75) is 25.3 Å². The molecule has 0 bridgehead atoms. The minimum absolute atomic E-state index is 0.207. The van der Waals surface area contributed by atoms with Crippen molar-refractivity contribution in [1.82, 2.24) is 10.3 Å². The summed E-state index contributed by atoms with van der Waals surface area (Å²) in [5.41, 5.74) is 6.87. The van der Waals surface area contributed by atoms with Crippen LogP contribution in [0.4, 0.5) is 5.69 Å². The Morgan fingerprint density at radius 1 is 1.16 bits per heavy atom. The third-order valence-corrected chi connectivity index (χ3v) is 6.48. The van der Waals surface area contributed by atoms with Gasteiger partial charge in [0.1, 0.15) is 11.5 Å². The van der Waals surface area contributed by atoms with Gasteiger partial charge in [-0.05, 0) is 43.7 Å². The van der Waals surface area contributed by atoms with Gasteiger partial charge in [0, 0.05) is 24.5 Å². The Labute approximate surface area is 215 Å². The van der Waals surface area contributed by atoms with E-state index in [1.54, 1.807) is 13.3 Å². The van der Waals surface area contributed by atoms with Gasteiger partial charge in [0.15, 0.2) is 12.2 Å². The van der Waals surface area contributed by atoms with Crippen molar-refractivity contribution >= 4 is 17.5 Å². The Morgan fingerprint density at radius 3 is 2.59 bits per heavy atom. The third-order valence-electron chi connectivity index (χ3n) is 6.48. The van der Waals surface area contributed by atoms with E-state index in [0.29, 0.717) is 24.7 Å². The third kappa shape index (κ3) is 6.03. The summed E-state index contributed by atoms with van der Waals surface area (Å²) in [6, 6.07) is 13.5. The summed E-state index contributed by atoms with van der Waals surface area (Å²) in [7, 11) is 1.57. The molecule has 1 atom stereocenters. The average molecular weight is 509 g/mol. The molecule has 0 saturated carbocycles. The summed E-state index contributed by atoms with van der Waals surface area (Å²) in [5, 5.41) is 2.76. The molecule has 2 heterocycles. The van der Waals surface area contributed by atoms with E-state index >= 15 is 0 Å². The smallest absolute Gasteiger partial charge is 0.309 e. The number of nitrogens with two attached hydrogens (primary N) is 1. The second-order valence-corrected chi connectivity index (χ2v) is 9.30. The van der Waals surface area contributed by atoms with Gasteiger partial charge in [-0.2, -0.15) is 0 Å². The Hall–Kier alpha value is -4.05. The van der Waals surface area contributed by atoms with Crippen molar-refractivity contribution < 1.29 is 28.2 Å². The predicted molar refractivity (Wildman–Crippen MR) is 138 cm³/mol. The normalized spacial score (nSPS) is 14.6. The number of primary amides is 1. The molecule has 0 aliphatic carbocycles. The highest BCUT2D eigenvalue weighted by molar-refractivity contribution is 6.34. The number of ether oxygens (including phenoxy) is 3. The fourth-order valence-electron chi connectivity index (χ4n) is 4.46. The van der Waals surface area contributed by atoms with Gasteiger partial charge in [0.05, 0.1) is 44.4 Å². The monoisotopic (exact) mass is 508 g/mol. The van der Waals surface area contributed by atoms with E-state index in [4.69, 9.17) is 24.4 Å². The minimum Gasteiger partial charge on any atom is -0.496 e. The van der Waals surface area contributed by atoms with E-state index < -0.39 is 17.4 Å². The zero-order valence-electron chi connectivity index (χ0n) is 21.2. The maximum absolute atomic E-state index is 12.3. The summed E-state index contributed by atoms with van der Waals surface area (Å²) < 4.78 is 23.0. The zero-order chi connectivity index (χ0) is 26.4. The van der Waals surface area contributed by atoms with Crippen LogP contribution < -0.4 is 25.4 Å². The lowest BCUT2D eigenvalue weighted by Gasteiger charge is -2.36. The Morgan fingerprint density at radius 2 is 1.92 bits per heavy atom. The maximum Gasteiger partial charge on any atom is 0.309 e. The lowest BCUT2D eigenvalue weighted by atomic mass is 9.81. The Bertz CT molecular complexity index is 1220. The molecule has 2 amide bonds. The van der Waals surface area contributed by atoms with Crippen LogP contribution in [0.25, 0.3) is 11.3 Å². The molecule has 10 heteroatoms. The molecule has 3 N–H and O–H groups in total. The molecule has 0 spiro atoms. The molecular weight excluding hydrogens is 476 g/mol. The number of nitrogens with zero attached hydrogens (tertiary/aromatic N) is 2. The van der Waals surface area contributed by atoms with Gasteiger partial charge in [0.2, 0.25) is 0 Å². The number of amides is 2. The first-order valence-electron chi connectivity index (χ1n) is 12.0. The number of carbonyl (C=O) groups excluding carboxylic acids is 2. The van der Waals surface area contributed by atoms with Crippen LogP contribution in [0.1, 0.15) is 25.3 Å². The maximum atomic E-state index is 12.3. The molecule has 4 rings (SSSR count). The second kappa shape index (κ2) is 11.3. The van der Waals surface area contributed by atoms with E-state index in [0.717, 1.165) is 35.7 Å². The zero-order valence-corrected chi connectivity index (χ0v) is 21.2. The number of morpholine rings is 1. The summed E-state index contributed by atoms with van der Waals surface area (Å²) in [5.74, 6) is -0.442. The molecular formula is C27H32N4O6. The number of aromatic nitrogens is 1. The first-order chi connectivity index (χ1) is 17.8. The van der Waals surface area contributed by atoms with Crippen molar-refractivity contribution in [2.75, 3.05) is 44.9 Å². The van der Waals surface area contributed by atoms with Crippen LogP contribution in [0.2, 0.25) is 0 Å². The molecule has 1 aromatic heterocycles. The van der Waals surface area contributed by atoms with Crippen LogP contribution in [0.15, 0.2) is 59.5 Å². The highest BCUT2D eigenvalue weighted by Crippen LogP contribution is 2.37. The fraction of sp³-hybridized carbons (Fsp3) is 0.370. The van der Waals surface area contributed by atoms with Gasteiger partial charge in [-0.3, -0.25) is 9.59 Å². The first-order valence-corrected chi connectivity index (χ1v) is 12.0. The fourth-order valence-corrected chi connectivity index (χ4v) is 4.46. The average Bonchev–Trinajstić information content (AvgIpc) is 3.44. The highest BCUT2D eigenvalue weighted by atomic mass is 16.5. The molecule has 1 unspecified atom stereocenters. The largest absolute Gasteiger partial charge is 0.496 e. The second-order valence-electron chi connectivity index (χ2n) is 9.30. The molecule has 0 radical (unpaired) electrons. The number of para-hydroxylation sites is 2. The number of carbonyl (C=O) groups is 2. The quantitative estimate of drug-likeness (QED) is 0.422.